The summed E-state index contributed by atoms with van der Waals surface area (Å²) in [6.07, 6.45) is 4.01. The zero-order valence-electron chi connectivity index (χ0n) is 17.2. The highest BCUT2D eigenvalue weighted by atomic mass is 16.3. The van der Waals surface area contributed by atoms with E-state index in [-0.39, 0.29) is 5.75 Å². The largest absolute Gasteiger partial charge is 0.508 e. The molecule has 0 aliphatic heterocycles. The molecule has 0 saturated carbocycles. The van der Waals surface area contributed by atoms with Crippen LogP contribution in [-0.4, -0.2) is 16.6 Å². The molecule has 0 unspecified atom stereocenters. The van der Waals surface area contributed by atoms with Crippen molar-refractivity contribution in [3.05, 3.63) is 95.7 Å². The first-order chi connectivity index (χ1) is 14.7. The lowest BCUT2D eigenvalue weighted by Crippen LogP contribution is -2.15. The van der Waals surface area contributed by atoms with Crippen LogP contribution < -0.4 is 10.6 Å². The molecule has 3 N–H and O–H groups in total. The van der Waals surface area contributed by atoms with Crippen molar-refractivity contribution in [2.75, 3.05) is 11.9 Å². The summed E-state index contributed by atoms with van der Waals surface area (Å²) in [7, 11) is 0. The van der Waals surface area contributed by atoms with Gasteiger partial charge in [0.15, 0.2) is 0 Å². The maximum Gasteiger partial charge on any atom is 0.117 e. The topological polar surface area (TPSA) is 57.2 Å². The number of aryl methyl sites for hydroxylation is 2. The average Bonchev–Trinajstić information content (AvgIpc) is 2.77. The first-order valence-electron chi connectivity index (χ1n) is 10.4. The fraction of sp³-hybridized carbons (Fsp3) is 0.192. The summed E-state index contributed by atoms with van der Waals surface area (Å²) >= 11 is 0. The quantitative estimate of drug-likeness (QED) is 0.333. The van der Waals surface area contributed by atoms with Crippen molar-refractivity contribution in [3.63, 3.8) is 0 Å². The molecule has 0 fully saturated rings. The summed E-state index contributed by atoms with van der Waals surface area (Å²) in [6, 6.07) is 24.3. The van der Waals surface area contributed by atoms with Gasteiger partial charge < -0.3 is 15.7 Å². The lowest BCUT2D eigenvalue weighted by atomic mass is 10.1. The number of phenolic OH excluding ortho intramolecular Hbond substituents is 1. The maximum absolute atomic E-state index is 9.83. The van der Waals surface area contributed by atoms with Gasteiger partial charge in [0.1, 0.15) is 5.75 Å². The SMILES string of the molecule is Cc1ccc(O)cc1Nc1ccnc2ccc(CNCCCc3ccccc3)cc12. The number of anilines is 2. The van der Waals surface area contributed by atoms with Crippen LogP contribution in [0.3, 0.4) is 0 Å². The van der Waals surface area contributed by atoms with Gasteiger partial charge in [-0.15, -0.1) is 0 Å². The van der Waals surface area contributed by atoms with E-state index < -0.39 is 0 Å². The Hall–Kier alpha value is -3.37. The van der Waals surface area contributed by atoms with Gasteiger partial charge in [-0.1, -0.05) is 42.5 Å². The Kier molecular flexibility index (Phi) is 6.26. The third-order valence-electron chi connectivity index (χ3n) is 5.29. The smallest absolute Gasteiger partial charge is 0.117 e. The number of hydrogen-bond donors (Lipinski definition) is 3. The minimum atomic E-state index is 0.252. The highest BCUT2D eigenvalue weighted by Crippen LogP contribution is 2.29. The number of benzene rings is 3. The second kappa shape index (κ2) is 9.42. The second-order valence-corrected chi connectivity index (χ2v) is 7.60. The lowest BCUT2D eigenvalue weighted by molar-refractivity contribution is 0.475. The first-order valence-corrected chi connectivity index (χ1v) is 10.4. The van der Waals surface area contributed by atoms with Gasteiger partial charge in [0.05, 0.1) is 5.52 Å². The highest BCUT2D eigenvalue weighted by molar-refractivity contribution is 5.93. The van der Waals surface area contributed by atoms with E-state index in [1.807, 2.05) is 25.3 Å². The number of aromatic hydroxyl groups is 1. The maximum atomic E-state index is 9.83. The number of rotatable bonds is 8. The van der Waals surface area contributed by atoms with Crippen molar-refractivity contribution in [1.29, 1.82) is 0 Å². The average molecular weight is 398 g/mol. The van der Waals surface area contributed by atoms with E-state index in [4.69, 9.17) is 0 Å². The molecule has 0 saturated heterocycles. The van der Waals surface area contributed by atoms with E-state index >= 15 is 0 Å². The molecule has 1 heterocycles. The van der Waals surface area contributed by atoms with E-state index in [1.165, 1.54) is 11.1 Å². The van der Waals surface area contributed by atoms with Crippen LogP contribution in [0, 0.1) is 6.92 Å². The lowest BCUT2D eigenvalue weighted by Gasteiger charge is -2.13. The fourth-order valence-electron chi connectivity index (χ4n) is 3.60. The van der Waals surface area contributed by atoms with Gasteiger partial charge in [0, 0.05) is 35.6 Å². The Labute approximate surface area is 177 Å². The monoisotopic (exact) mass is 397 g/mol. The molecule has 4 nitrogen and oxygen atoms in total. The molecule has 0 amide bonds. The molecule has 3 aromatic carbocycles. The summed E-state index contributed by atoms with van der Waals surface area (Å²) in [5, 5.41) is 17.9. The predicted octanol–water partition coefficient (Wildman–Crippen LogP) is 5.71. The number of fused-ring (bicyclic) bond motifs is 1. The Morgan fingerprint density at radius 3 is 2.60 bits per heavy atom. The minimum Gasteiger partial charge on any atom is -0.508 e. The Morgan fingerprint density at radius 2 is 1.73 bits per heavy atom. The number of pyridine rings is 1. The zero-order valence-corrected chi connectivity index (χ0v) is 17.2. The van der Waals surface area contributed by atoms with E-state index in [2.05, 4.69) is 64.1 Å². The van der Waals surface area contributed by atoms with E-state index in [1.54, 1.807) is 12.1 Å². The van der Waals surface area contributed by atoms with E-state index in [0.717, 1.165) is 53.8 Å². The van der Waals surface area contributed by atoms with Crippen LogP contribution in [0.4, 0.5) is 11.4 Å². The third-order valence-corrected chi connectivity index (χ3v) is 5.29. The van der Waals surface area contributed by atoms with Gasteiger partial charge in [-0.3, -0.25) is 4.98 Å². The molecule has 0 radical (unpaired) electrons. The van der Waals surface area contributed by atoms with E-state index in [0.29, 0.717) is 0 Å². The molecule has 0 spiro atoms. The standard InChI is InChI=1S/C26H27N3O/c1-19-9-11-22(30)17-26(19)29-25-13-15-28-24-12-10-21(16-23(24)25)18-27-14-5-8-20-6-3-2-4-7-20/h2-4,6-7,9-13,15-17,27,30H,5,8,14,18H2,1H3,(H,28,29). The molecule has 0 aliphatic rings. The molecule has 30 heavy (non-hydrogen) atoms. The predicted molar refractivity (Wildman–Crippen MR) is 124 cm³/mol. The molecule has 152 valence electrons. The summed E-state index contributed by atoms with van der Waals surface area (Å²) in [5.41, 5.74) is 6.52. The molecule has 1 aromatic heterocycles. The molecule has 0 bridgehead atoms. The Morgan fingerprint density at radius 1 is 0.867 bits per heavy atom. The Balaban J connectivity index is 1.42. The van der Waals surface area contributed by atoms with Crippen molar-refractivity contribution in [2.24, 2.45) is 0 Å². The van der Waals surface area contributed by atoms with Gasteiger partial charge in [-0.05, 0) is 67.3 Å². The van der Waals surface area contributed by atoms with Crippen LogP contribution in [0.1, 0.15) is 23.1 Å². The van der Waals surface area contributed by atoms with Gasteiger partial charge in [-0.25, -0.2) is 0 Å². The molecular weight excluding hydrogens is 370 g/mol. The van der Waals surface area contributed by atoms with Crippen LogP contribution >= 0.6 is 0 Å². The molecule has 0 aliphatic carbocycles. The minimum absolute atomic E-state index is 0.252. The fourth-order valence-corrected chi connectivity index (χ4v) is 3.60. The van der Waals surface area contributed by atoms with Crippen LogP contribution in [0.2, 0.25) is 0 Å². The van der Waals surface area contributed by atoms with Crippen molar-refractivity contribution in [3.8, 4) is 5.75 Å². The first kappa shape index (κ1) is 19.9. The molecule has 4 aromatic rings. The zero-order chi connectivity index (χ0) is 20.8. The van der Waals surface area contributed by atoms with Crippen molar-refractivity contribution in [2.45, 2.75) is 26.3 Å². The van der Waals surface area contributed by atoms with Gasteiger partial charge in [-0.2, -0.15) is 0 Å². The number of hydrogen-bond acceptors (Lipinski definition) is 4. The van der Waals surface area contributed by atoms with Gasteiger partial charge >= 0.3 is 0 Å². The Bertz CT molecular complexity index is 1130. The summed E-state index contributed by atoms with van der Waals surface area (Å²) in [5.74, 6) is 0.252. The normalized spacial score (nSPS) is 11.0. The molecule has 4 heteroatoms. The van der Waals surface area contributed by atoms with Gasteiger partial charge in [0.25, 0.3) is 0 Å². The van der Waals surface area contributed by atoms with Crippen molar-refractivity contribution < 1.29 is 5.11 Å². The van der Waals surface area contributed by atoms with Crippen LogP contribution in [-0.2, 0) is 13.0 Å². The number of nitrogens with zero attached hydrogens (tertiary/aromatic N) is 1. The number of aromatic nitrogens is 1. The molecule has 0 atom stereocenters. The van der Waals surface area contributed by atoms with Crippen molar-refractivity contribution >= 4 is 22.3 Å². The van der Waals surface area contributed by atoms with Gasteiger partial charge in [0.2, 0.25) is 0 Å². The van der Waals surface area contributed by atoms with Crippen molar-refractivity contribution in [1.82, 2.24) is 10.3 Å². The highest BCUT2D eigenvalue weighted by Gasteiger charge is 2.06. The number of nitrogens with one attached hydrogen (secondary N) is 2. The third kappa shape index (κ3) is 4.97. The van der Waals surface area contributed by atoms with Crippen LogP contribution in [0.25, 0.3) is 10.9 Å². The second-order valence-electron chi connectivity index (χ2n) is 7.60. The van der Waals surface area contributed by atoms with Crippen LogP contribution in [0.15, 0.2) is 79.0 Å². The summed E-state index contributed by atoms with van der Waals surface area (Å²) < 4.78 is 0. The van der Waals surface area contributed by atoms with Crippen LogP contribution in [0.5, 0.6) is 5.75 Å². The number of phenols is 1. The summed E-state index contributed by atoms with van der Waals surface area (Å²) in [6.45, 7) is 3.83. The molecular formula is C26H27N3O. The summed E-state index contributed by atoms with van der Waals surface area (Å²) in [4.78, 5) is 4.50. The molecule has 4 rings (SSSR count). The van der Waals surface area contributed by atoms with E-state index in [9.17, 15) is 5.11 Å².